The molecule has 0 aliphatic carbocycles. The molecule has 3 unspecified atom stereocenters. The van der Waals surface area contributed by atoms with Gasteiger partial charge in [0.05, 0.1) is 17.4 Å². The van der Waals surface area contributed by atoms with E-state index in [4.69, 9.17) is 4.74 Å². The molecule has 3 aliphatic heterocycles. The van der Waals surface area contributed by atoms with Crippen LogP contribution in [0.1, 0.15) is 46.1 Å². The predicted octanol–water partition coefficient (Wildman–Crippen LogP) is 3.18. The number of nitrogens with zero attached hydrogens (tertiary/aromatic N) is 2. The van der Waals surface area contributed by atoms with E-state index in [9.17, 15) is 19.5 Å². The molecule has 3 amide bonds. The third-order valence-electron chi connectivity index (χ3n) is 9.48. The van der Waals surface area contributed by atoms with Crippen LogP contribution in [0.25, 0.3) is 0 Å². The van der Waals surface area contributed by atoms with Crippen molar-refractivity contribution in [3.63, 3.8) is 0 Å². The predicted molar refractivity (Wildman–Crippen MR) is 157 cm³/mol. The van der Waals surface area contributed by atoms with Crippen molar-refractivity contribution in [2.45, 2.75) is 64.3 Å². The van der Waals surface area contributed by atoms with E-state index in [2.05, 4.69) is 29.4 Å². The van der Waals surface area contributed by atoms with E-state index < -0.39 is 29.1 Å². The fraction of sp³-hybridized carbons (Fsp3) is 0.531. The second kappa shape index (κ2) is 11.4. The van der Waals surface area contributed by atoms with E-state index in [0.29, 0.717) is 25.1 Å². The first-order valence-corrected chi connectivity index (χ1v) is 14.8. The van der Waals surface area contributed by atoms with Gasteiger partial charge in [-0.3, -0.25) is 14.4 Å². The Kier molecular flexibility index (Phi) is 8.12. The first-order chi connectivity index (χ1) is 19.7. The quantitative estimate of drug-likeness (QED) is 0.388. The molecule has 9 nitrogen and oxygen atoms in total. The zero-order valence-corrected chi connectivity index (χ0v) is 24.4. The zero-order valence-electron chi connectivity index (χ0n) is 24.4. The monoisotopic (exact) mass is 562 g/mol. The van der Waals surface area contributed by atoms with E-state index in [-0.39, 0.29) is 36.8 Å². The fourth-order valence-electron chi connectivity index (χ4n) is 7.37. The van der Waals surface area contributed by atoms with E-state index in [1.165, 1.54) is 4.90 Å². The highest BCUT2D eigenvalue weighted by Crippen LogP contribution is 2.65. The maximum absolute atomic E-state index is 14.1. The van der Waals surface area contributed by atoms with Gasteiger partial charge in [0.15, 0.2) is 0 Å². The van der Waals surface area contributed by atoms with Gasteiger partial charge in [-0.2, -0.15) is 0 Å². The number of aliphatic hydroxyl groups excluding tert-OH is 1. The molecular formula is C32H42N4O5. The topological polar surface area (TPSA) is 111 Å². The lowest BCUT2D eigenvalue weighted by Gasteiger charge is -2.36. The van der Waals surface area contributed by atoms with Gasteiger partial charge in [-0.15, -0.1) is 0 Å². The van der Waals surface area contributed by atoms with Crippen LogP contribution >= 0.6 is 0 Å². The molecule has 3 N–H and O–H groups in total. The lowest BCUT2D eigenvalue weighted by molar-refractivity contribution is -0.146. The smallest absolute Gasteiger partial charge is 0.250 e. The molecule has 3 heterocycles. The van der Waals surface area contributed by atoms with Gasteiger partial charge < -0.3 is 30.3 Å². The molecule has 3 fully saturated rings. The van der Waals surface area contributed by atoms with Crippen LogP contribution in [0.2, 0.25) is 0 Å². The summed E-state index contributed by atoms with van der Waals surface area (Å²) in [6, 6.07) is 16.4. The molecule has 6 atom stereocenters. The van der Waals surface area contributed by atoms with Crippen molar-refractivity contribution in [1.29, 1.82) is 0 Å². The summed E-state index contributed by atoms with van der Waals surface area (Å²) in [7, 11) is 0. The summed E-state index contributed by atoms with van der Waals surface area (Å²) in [5.74, 6) is -2.38. The zero-order chi connectivity index (χ0) is 29.4. The van der Waals surface area contributed by atoms with Crippen LogP contribution in [0.15, 0.2) is 54.6 Å². The van der Waals surface area contributed by atoms with Crippen LogP contribution in [0.3, 0.4) is 0 Å². The van der Waals surface area contributed by atoms with Crippen LogP contribution in [0.4, 0.5) is 11.4 Å². The van der Waals surface area contributed by atoms with Crippen LogP contribution in [-0.2, 0) is 25.7 Å². The van der Waals surface area contributed by atoms with Crippen molar-refractivity contribution in [3.8, 4) is 0 Å². The number of hydrogen-bond acceptors (Lipinski definition) is 6. The minimum Gasteiger partial charge on any atom is -0.396 e. The Hall–Kier alpha value is -3.43. The van der Waals surface area contributed by atoms with Gasteiger partial charge in [0.1, 0.15) is 11.6 Å². The summed E-state index contributed by atoms with van der Waals surface area (Å²) in [6.45, 7) is 10.3. The molecule has 3 aliphatic rings. The number of ether oxygens (including phenoxy) is 1. The molecule has 1 spiro atoms. The Balaban J connectivity index is 1.43. The number of likely N-dealkylation sites (tertiary alicyclic amines) is 1. The second-order valence-corrected chi connectivity index (χ2v) is 11.7. The first kappa shape index (κ1) is 29.1. The molecule has 0 radical (unpaired) electrons. The molecule has 0 aromatic heterocycles. The average Bonchev–Trinajstić information content (AvgIpc) is 3.48. The minimum absolute atomic E-state index is 0.0412. The van der Waals surface area contributed by atoms with Gasteiger partial charge in [0.25, 0.3) is 0 Å². The van der Waals surface area contributed by atoms with E-state index in [1.807, 2.05) is 68.4 Å². The highest BCUT2D eigenvalue weighted by molar-refractivity contribution is 6.03. The van der Waals surface area contributed by atoms with Gasteiger partial charge in [-0.05, 0) is 69.4 Å². The molecule has 2 aromatic rings. The summed E-state index contributed by atoms with van der Waals surface area (Å²) in [5, 5.41) is 15.6. The standard InChI is InChI=1S/C32H42N4O5/c1-5-35(6-2)24-15-13-23(14-16-24)34-29(39)27-32-19-21(3)31(4,41-32)25(26(32)30(40)36(27)17-10-18-37)28(38)33-20-22-11-8-7-9-12-22/h7-9,11-16,21,25-27,37H,5-6,10,17-20H2,1-4H3,(H,33,38)(H,34,39)/t21?,25-,26+,27?,31+,32?/m1/s1. The molecule has 220 valence electrons. The first-order valence-electron chi connectivity index (χ1n) is 14.8. The van der Waals surface area contributed by atoms with E-state index in [1.54, 1.807) is 0 Å². The van der Waals surface area contributed by atoms with Crippen molar-refractivity contribution in [1.82, 2.24) is 10.2 Å². The van der Waals surface area contributed by atoms with E-state index in [0.717, 1.165) is 24.3 Å². The number of carbonyl (C=O) groups is 3. The van der Waals surface area contributed by atoms with Crippen LogP contribution in [-0.4, -0.2) is 71.2 Å². The van der Waals surface area contributed by atoms with Gasteiger partial charge in [0, 0.05) is 44.2 Å². The summed E-state index contributed by atoms with van der Waals surface area (Å²) in [5.41, 5.74) is 0.652. The van der Waals surface area contributed by atoms with Gasteiger partial charge in [-0.1, -0.05) is 37.3 Å². The molecular weight excluding hydrogens is 520 g/mol. The van der Waals surface area contributed by atoms with Crippen molar-refractivity contribution >= 4 is 29.1 Å². The third-order valence-corrected chi connectivity index (χ3v) is 9.48. The molecule has 3 saturated heterocycles. The molecule has 2 bridgehead atoms. The van der Waals surface area contributed by atoms with Gasteiger partial charge in [0.2, 0.25) is 17.7 Å². The van der Waals surface area contributed by atoms with Crippen molar-refractivity contribution in [2.75, 3.05) is 36.5 Å². The van der Waals surface area contributed by atoms with Crippen LogP contribution < -0.4 is 15.5 Å². The molecule has 41 heavy (non-hydrogen) atoms. The number of benzene rings is 2. The van der Waals surface area contributed by atoms with Crippen LogP contribution in [0, 0.1) is 17.8 Å². The van der Waals surface area contributed by atoms with Crippen molar-refractivity contribution < 1.29 is 24.2 Å². The summed E-state index contributed by atoms with van der Waals surface area (Å²) >= 11 is 0. The molecule has 9 heteroatoms. The Morgan fingerprint density at radius 1 is 1.07 bits per heavy atom. The SMILES string of the molecule is CCN(CC)c1ccc(NC(=O)C2N(CCCO)C(=O)[C@@H]3[C@H](C(=O)NCc4ccccc4)[C@@]4(C)OC23CC4C)cc1. The molecule has 2 aromatic carbocycles. The number of nitrogens with one attached hydrogen (secondary N) is 2. The largest absolute Gasteiger partial charge is 0.396 e. The number of aliphatic hydroxyl groups is 1. The Morgan fingerprint density at radius 3 is 2.39 bits per heavy atom. The molecule has 5 rings (SSSR count). The van der Waals surface area contributed by atoms with E-state index >= 15 is 0 Å². The second-order valence-electron chi connectivity index (χ2n) is 11.7. The normalized spacial score (nSPS) is 29.9. The highest BCUT2D eigenvalue weighted by atomic mass is 16.5. The maximum Gasteiger partial charge on any atom is 0.250 e. The van der Waals surface area contributed by atoms with Crippen LogP contribution in [0.5, 0.6) is 0 Å². The average molecular weight is 563 g/mol. The van der Waals surface area contributed by atoms with Crippen molar-refractivity contribution in [2.24, 2.45) is 17.8 Å². The Labute approximate surface area is 242 Å². The summed E-state index contributed by atoms with van der Waals surface area (Å²) in [4.78, 5) is 45.6. The summed E-state index contributed by atoms with van der Waals surface area (Å²) < 4.78 is 6.75. The number of anilines is 2. The highest BCUT2D eigenvalue weighted by Gasteiger charge is 2.79. The number of rotatable bonds is 11. The van der Waals surface area contributed by atoms with Gasteiger partial charge >= 0.3 is 0 Å². The van der Waals surface area contributed by atoms with Gasteiger partial charge in [-0.25, -0.2) is 0 Å². The lowest BCUT2D eigenvalue weighted by Crippen LogP contribution is -2.54. The number of fused-ring (bicyclic) bond motifs is 1. The summed E-state index contributed by atoms with van der Waals surface area (Å²) in [6.07, 6.45) is 0.825. The Morgan fingerprint density at radius 2 is 1.76 bits per heavy atom. The number of hydrogen-bond donors (Lipinski definition) is 3. The van der Waals surface area contributed by atoms with Crippen molar-refractivity contribution in [3.05, 3.63) is 60.2 Å². The number of carbonyl (C=O) groups excluding carboxylic acids is 3. The maximum atomic E-state index is 14.1. The Bertz CT molecular complexity index is 1270. The third kappa shape index (κ3) is 4.89. The lowest BCUT2D eigenvalue weighted by atomic mass is 9.62. The minimum atomic E-state index is -1.12. The fourth-order valence-corrected chi connectivity index (χ4v) is 7.37. The molecule has 0 saturated carbocycles. The number of amides is 3.